The third-order valence-electron chi connectivity index (χ3n) is 5.09. The van der Waals surface area contributed by atoms with Crippen molar-refractivity contribution in [2.24, 2.45) is 0 Å². The Kier molecular flexibility index (Phi) is 3.72. The van der Waals surface area contributed by atoms with Crippen molar-refractivity contribution in [2.45, 2.75) is 63.6 Å². The summed E-state index contributed by atoms with van der Waals surface area (Å²) in [5.41, 5.74) is 3.52. The minimum atomic E-state index is -0.589. The Balaban J connectivity index is 1.60. The molecule has 5 nitrogen and oxygen atoms in total. The molecule has 0 saturated heterocycles. The molecule has 0 unspecified atom stereocenters. The zero-order chi connectivity index (χ0) is 17.8. The van der Waals surface area contributed by atoms with Crippen molar-refractivity contribution in [3.8, 4) is 0 Å². The zero-order valence-electron chi connectivity index (χ0n) is 15.0. The molecular weight excluding hydrogens is 314 g/mol. The predicted molar refractivity (Wildman–Crippen MR) is 95.6 cm³/mol. The molecule has 0 radical (unpaired) electrons. The van der Waals surface area contributed by atoms with Gasteiger partial charge in [0.05, 0.1) is 17.7 Å². The molecule has 5 heteroatoms. The highest BCUT2D eigenvalue weighted by Gasteiger charge is 2.35. The maximum atomic E-state index is 12.8. The van der Waals surface area contributed by atoms with Crippen LogP contribution < -0.4 is 5.32 Å². The number of carbonyl (C=O) groups excluding carboxylic acids is 1. The van der Waals surface area contributed by atoms with Gasteiger partial charge in [-0.2, -0.15) is 5.10 Å². The van der Waals surface area contributed by atoms with Crippen LogP contribution in [0.15, 0.2) is 30.3 Å². The van der Waals surface area contributed by atoms with Crippen LogP contribution in [0.1, 0.15) is 72.9 Å². The quantitative estimate of drug-likeness (QED) is 0.903. The fraction of sp³-hybridized carbons (Fsp3) is 0.500. The van der Waals surface area contributed by atoms with Crippen molar-refractivity contribution in [2.75, 3.05) is 0 Å². The maximum Gasteiger partial charge on any atom is 0.272 e. The Hall–Kier alpha value is -2.14. The second-order valence-corrected chi connectivity index (χ2v) is 8.23. The average Bonchev–Trinajstić information content (AvgIpc) is 3.21. The second-order valence-electron chi connectivity index (χ2n) is 8.23. The first-order valence-electron chi connectivity index (χ1n) is 9.02. The van der Waals surface area contributed by atoms with Crippen LogP contribution in [0, 0.1) is 0 Å². The number of aliphatic hydroxyl groups excluding tert-OH is 1. The van der Waals surface area contributed by atoms with Gasteiger partial charge in [0.1, 0.15) is 5.69 Å². The van der Waals surface area contributed by atoms with Gasteiger partial charge >= 0.3 is 0 Å². The normalized spacial score (nSPS) is 22.7. The number of fused-ring (bicyclic) bond motifs is 1. The third kappa shape index (κ3) is 2.97. The first-order valence-corrected chi connectivity index (χ1v) is 9.02. The van der Waals surface area contributed by atoms with E-state index in [1.165, 1.54) is 0 Å². The topological polar surface area (TPSA) is 67.2 Å². The molecule has 2 atom stereocenters. The Morgan fingerprint density at radius 2 is 2.00 bits per heavy atom. The van der Waals surface area contributed by atoms with Gasteiger partial charge < -0.3 is 10.4 Å². The summed E-state index contributed by atoms with van der Waals surface area (Å²) in [6.45, 7) is 6.31. The van der Waals surface area contributed by atoms with Gasteiger partial charge in [0.25, 0.3) is 5.91 Å². The van der Waals surface area contributed by atoms with Crippen LogP contribution in [0.4, 0.5) is 0 Å². The summed E-state index contributed by atoms with van der Waals surface area (Å²) in [7, 11) is 0. The lowest BCUT2D eigenvalue weighted by Gasteiger charge is -2.22. The molecule has 2 aromatic rings. The van der Waals surface area contributed by atoms with Crippen LogP contribution >= 0.6 is 0 Å². The lowest BCUT2D eigenvalue weighted by Crippen LogP contribution is -2.34. The van der Waals surface area contributed by atoms with Crippen LogP contribution in [0.5, 0.6) is 0 Å². The zero-order valence-corrected chi connectivity index (χ0v) is 15.0. The van der Waals surface area contributed by atoms with E-state index in [0.29, 0.717) is 18.0 Å². The molecule has 1 heterocycles. The lowest BCUT2D eigenvalue weighted by molar-refractivity contribution is 0.0852. The van der Waals surface area contributed by atoms with E-state index < -0.39 is 6.10 Å². The molecule has 2 aliphatic rings. The van der Waals surface area contributed by atoms with Crippen LogP contribution in [0.3, 0.4) is 0 Å². The van der Waals surface area contributed by atoms with Crippen molar-refractivity contribution in [3.63, 3.8) is 0 Å². The minimum absolute atomic E-state index is 0.157. The molecule has 132 valence electrons. The Morgan fingerprint density at radius 1 is 1.28 bits per heavy atom. The fourth-order valence-electron chi connectivity index (χ4n) is 3.68. The second kappa shape index (κ2) is 5.70. The molecule has 1 amide bonds. The number of hydrogen-bond donors (Lipinski definition) is 2. The Morgan fingerprint density at radius 3 is 2.68 bits per heavy atom. The maximum absolute atomic E-state index is 12.8. The van der Waals surface area contributed by atoms with Crippen LogP contribution in [0.2, 0.25) is 0 Å². The largest absolute Gasteiger partial charge is 0.390 e. The third-order valence-corrected chi connectivity index (χ3v) is 5.09. The summed E-state index contributed by atoms with van der Waals surface area (Å²) < 4.78 is 1.98. The standard InChI is InChI=1S/C20H25N3O2/c1-20(2,3)23-16(12-8-9-12)11-15(22-23)19(25)21-18-14-7-5-4-6-13(14)10-17(18)24/h4-7,11-12,17-18,24H,8-10H2,1-3H3,(H,21,25)/t17-,18+/m0/s1. The monoisotopic (exact) mass is 339 g/mol. The van der Waals surface area contributed by atoms with Crippen molar-refractivity contribution in [3.05, 3.63) is 52.8 Å². The minimum Gasteiger partial charge on any atom is -0.390 e. The van der Waals surface area contributed by atoms with Gasteiger partial charge in [-0.15, -0.1) is 0 Å². The highest BCUT2D eigenvalue weighted by atomic mass is 16.3. The SMILES string of the molecule is CC(C)(C)n1nc(C(=O)N[C@@H]2c3ccccc3C[C@@H]2O)cc1C1CC1. The lowest BCUT2D eigenvalue weighted by atomic mass is 10.1. The number of amides is 1. The van der Waals surface area contributed by atoms with Gasteiger partial charge in [0.2, 0.25) is 0 Å². The summed E-state index contributed by atoms with van der Waals surface area (Å²) in [4.78, 5) is 12.8. The predicted octanol–water partition coefficient (Wildman–Crippen LogP) is 2.90. The number of carbonyl (C=O) groups is 1. The van der Waals surface area contributed by atoms with Gasteiger partial charge in [-0.1, -0.05) is 24.3 Å². The van der Waals surface area contributed by atoms with Crippen LogP contribution in [0.25, 0.3) is 0 Å². The molecule has 1 saturated carbocycles. The molecule has 4 rings (SSSR count). The number of benzene rings is 1. The van der Waals surface area contributed by atoms with Gasteiger partial charge in [0.15, 0.2) is 0 Å². The van der Waals surface area contributed by atoms with E-state index in [-0.39, 0.29) is 17.5 Å². The van der Waals surface area contributed by atoms with Gasteiger partial charge in [-0.3, -0.25) is 9.48 Å². The molecule has 0 spiro atoms. The van der Waals surface area contributed by atoms with E-state index >= 15 is 0 Å². The summed E-state index contributed by atoms with van der Waals surface area (Å²) in [5, 5.41) is 17.9. The fourth-order valence-corrected chi connectivity index (χ4v) is 3.68. The van der Waals surface area contributed by atoms with E-state index in [1.807, 2.05) is 35.0 Å². The number of hydrogen-bond acceptors (Lipinski definition) is 3. The smallest absolute Gasteiger partial charge is 0.272 e. The molecule has 1 fully saturated rings. The number of rotatable bonds is 3. The van der Waals surface area contributed by atoms with E-state index in [0.717, 1.165) is 29.7 Å². The van der Waals surface area contributed by atoms with Crippen molar-refractivity contribution < 1.29 is 9.90 Å². The molecule has 2 aliphatic carbocycles. The first-order chi connectivity index (χ1) is 11.8. The van der Waals surface area contributed by atoms with Gasteiger partial charge in [-0.25, -0.2) is 0 Å². The van der Waals surface area contributed by atoms with Crippen LogP contribution in [-0.2, 0) is 12.0 Å². The van der Waals surface area contributed by atoms with Crippen molar-refractivity contribution >= 4 is 5.91 Å². The van der Waals surface area contributed by atoms with E-state index in [9.17, 15) is 9.90 Å². The number of nitrogens with one attached hydrogen (secondary N) is 1. The Labute approximate surface area is 148 Å². The molecule has 1 aromatic carbocycles. The summed E-state index contributed by atoms with van der Waals surface area (Å²) in [6.07, 6.45) is 2.31. The molecule has 1 aromatic heterocycles. The summed E-state index contributed by atoms with van der Waals surface area (Å²) >= 11 is 0. The van der Waals surface area contributed by atoms with Crippen molar-refractivity contribution in [1.29, 1.82) is 0 Å². The highest BCUT2D eigenvalue weighted by Crippen LogP contribution is 2.42. The molecule has 2 N–H and O–H groups in total. The number of nitrogens with zero attached hydrogens (tertiary/aromatic N) is 2. The summed E-state index contributed by atoms with van der Waals surface area (Å²) in [6, 6.07) is 9.43. The van der Waals surface area contributed by atoms with E-state index in [4.69, 9.17) is 0 Å². The van der Waals surface area contributed by atoms with E-state index in [2.05, 4.69) is 31.2 Å². The summed E-state index contributed by atoms with van der Waals surface area (Å²) in [5.74, 6) is 0.303. The average molecular weight is 339 g/mol. The van der Waals surface area contributed by atoms with Crippen molar-refractivity contribution in [1.82, 2.24) is 15.1 Å². The van der Waals surface area contributed by atoms with Gasteiger partial charge in [-0.05, 0) is 50.8 Å². The molecular formula is C20H25N3O2. The number of aliphatic hydroxyl groups is 1. The van der Waals surface area contributed by atoms with Crippen LogP contribution in [-0.4, -0.2) is 26.9 Å². The Bertz CT molecular complexity index is 815. The van der Waals surface area contributed by atoms with Gasteiger partial charge in [0, 0.05) is 18.0 Å². The molecule has 0 bridgehead atoms. The number of aromatic nitrogens is 2. The molecule has 25 heavy (non-hydrogen) atoms. The van der Waals surface area contributed by atoms with E-state index in [1.54, 1.807) is 0 Å². The molecule has 0 aliphatic heterocycles. The first kappa shape index (κ1) is 16.3. The highest BCUT2D eigenvalue weighted by molar-refractivity contribution is 5.92.